The van der Waals surface area contributed by atoms with Crippen LogP contribution in [0.5, 0.6) is 0 Å². The Morgan fingerprint density at radius 3 is 2.34 bits per heavy atom. The van der Waals surface area contributed by atoms with Gasteiger partial charge in [0, 0.05) is 31.7 Å². The molecule has 29 heavy (non-hydrogen) atoms. The molecule has 0 saturated carbocycles. The molecule has 2 aliphatic rings. The maximum absolute atomic E-state index is 13.3. The van der Waals surface area contributed by atoms with Crippen molar-refractivity contribution in [3.05, 3.63) is 30.1 Å². The highest BCUT2D eigenvalue weighted by molar-refractivity contribution is 5.97. The molecule has 2 aromatic rings. The van der Waals surface area contributed by atoms with E-state index >= 15 is 0 Å². The molecule has 3 heterocycles. The van der Waals surface area contributed by atoms with Crippen molar-refractivity contribution in [2.75, 3.05) is 39.3 Å². The quantitative estimate of drug-likeness (QED) is 0.860. The maximum Gasteiger partial charge on any atom is 0.254 e. The van der Waals surface area contributed by atoms with Crippen molar-refractivity contribution in [2.24, 2.45) is 5.92 Å². The smallest absolute Gasteiger partial charge is 0.254 e. The third kappa shape index (κ3) is 4.15. The number of piperidine rings is 1. The largest absolute Gasteiger partial charge is 0.345 e. The fourth-order valence-corrected chi connectivity index (χ4v) is 4.63. The summed E-state index contributed by atoms with van der Waals surface area (Å²) in [6.07, 6.45) is 5.26. The zero-order valence-corrected chi connectivity index (χ0v) is 17.4. The normalized spacial score (nSPS) is 19.7. The summed E-state index contributed by atoms with van der Waals surface area (Å²) in [7, 11) is 0. The molecule has 0 radical (unpaired) electrons. The SMILES string of the molecule is CC(C)C(C(=O)N1CCN(C(=O)c2ccc3nc[nH]c3c2)CC1)N1CCCCC1. The zero-order chi connectivity index (χ0) is 20.4. The van der Waals surface area contributed by atoms with E-state index in [2.05, 4.69) is 28.7 Å². The Kier molecular flexibility index (Phi) is 5.85. The lowest BCUT2D eigenvalue weighted by atomic mass is 9.97. The van der Waals surface area contributed by atoms with E-state index in [1.165, 1.54) is 19.3 Å². The number of carbonyl (C=O) groups excluding carboxylic acids is 2. The van der Waals surface area contributed by atoms with Gasteiger partial charge in [0.15, 0.2) is 0 Å². The Morgan fingerprint density at radius 1 is 0.966 bits per heavy atom. The molecule has 0 spiro atoms. The Morgan fingerprint density at radius 2 is 1.66 bits per heavy atom. The molecule has 7 heteroatoms. The van der Waals surface area contributed by atoms with Crippen molar-refractivity contribution in [1.29, 1.82) is 0 Å². The molecule has 0 bridgehead atoms. The predicted molar refractivity (Wildman–Crippen MR) is 113 cm³/mol. The van der Waals surface area contributed by atoms with Crippen LogP contribution in [0.1, 0.15) is 43.5 Å². The summed E-state index contributed by atoms with van der Waals surface area (Å²) >= 11 is 0. The molecule has 156 valence electrons. The van der Waals surface area contributed by atoms with Gasteiger partial charge < -0.3 is 14.8 Å². The van der Waals surface area contributed by atoms with E-state index < -0.39 is 0 Å². The third-order valence-corrected chi connectivity index (χ3v) is 6.21. The van der Waals surface area contributed by atoms with Gasteiger partial charge in [-0.2, -0.15) is 0 Å². The molecular weight excluding hydrogens is 366 g/mol. The van der Waals surface area contributed by atoms with E-state index in [0.29, 0.717) is 37.7 Å². The fourth-order valence-electron chi connectivity index (χ4n) is 4.63. The van der Waals surface area contributed by atoms with Crippen LogP contribution in [-0.4, -0.2) is 81.8 Å². The number of hydrogen-bond donors (Lipinski definition) is 1. The predicted octanol–water partition coefficient (Wildman–Crippen LogP) is 2.36. The number of nitrogens with one attached hydrogen (secondary N) is 1. The fraction of sp³-hybridized carbons (Fsp3) is 0.591. The van der Waals surface area contributed by atoms with Gasteiger partial charge in [-0.05, 0) is 50.0 Å². The average molecular weight is 398 g/mol. The van der Waals surface area contributed by atoms with Crippen molar-refractivity contribution in [1.82, 2.24) is 24.7 Å². The van der Waals surface area contributed by atoms with E-state index in [-0.39, 0.29) is 17.9 Å². The van der Waals surface area contributed by atoms with Gasteiger partial charge in [0.25, 0.3) is 5.91 Å². The summed E-state index contributed by atoms with van der Waals surface area (Å²) in [5, 5.41) is 0. The molecule has 1 N–H and O–H groups in total. The molecular formula is C22H31N5O2. The standard InChI is InChI=1S/C22H31N5O2/c1-16(2)20(25-8-4-3-5-9-25)22(29)27-12-10-26(11-13-27)21(28)17-6-7-18-19(14-17)24-15-23-18/h6-7,14-16,20H,3-5,8-13H2,1-2H3,(H,23,24). The summed E-state index contributed by atoms with van der Waals surface area (Å²) in [5.41, 5.74) is 2.38. The van der Waals surface area contributed by atoms with Crippen LogP contribution in [0.4, 0.5) is 0 Å². The number of imidazole rings is 1. The molecule has 4 rings (SSSR count). The lowest BCUT2D eigenvalue weighted by molar-refractivity contribution is -0.140. The van der Waals surface area contributed by atoms with Gasteiger partial charge in [-0.1, -0.05) is 20.3 Å². The van der Waals surface area contributed by atoms with Gasteiger partial charge in [-0.3, -0.25) is 14.5 Å². The second-order valence-electron chi connectivity index (χ2n) is 8.54. The van der Waals surface area contributed by atoms with E-state index in [1.807, 2.05) is 28.0 Å². The van der Waals surface area contributed by atoms with Crippen molar-refractivity contribution in [2.45, 2.75) is 39.2 Å². The topological polar surface area (TPSA) is 72.5 Å². The number of aromatic nitrogens is 2. The maximum atomic E-state index is 13.3. The minimum absolute atomic E-state index is 0.0186. The van der Waals surface area contributed by atoms with Gasteiger partial charge >= 0.3 is 0 Å². The Balaban J connectivity index is 1.38. The van der Waals surface area contributed by atoms with Gasteiger partial charge in [-0.15, -0.1) is 0 Å². The summed E-state index contributed by atoms with van der Waals surface area (Å²) < 4.78 is 0. The molecule has 2 fully saturated rings. The number of likely N-dealkylation sites (tertiary alicyclic amines) is 1. The first-order chi connectivity index (χ1) is 14.0. The lowest BCUT2D eigenvalue weighted by Gasteiger charge is -2.41. The molecule has 1 unspecified atom stereocenters. The van der Waals surface area contributed by atoms with E-state index in [9.17, 15) is 9.59 Å². The Hall–Kier alpha value is -2.41. The number of benzene rings is 1. The minimum atomic E-state index is -0.0414. The first kappa shape index (κ1) is 19.9. The van der Waals surface area contributed by atoms with Crippen LogP contribution in [0.15, 0.2) is 24.5 Å². The molecule has 0 aliphatic carbocycles. The summed E-state index contributed by atoms with van der Waals surface area (Å²) in [5.74, 6) is 0.541. The van der Waals surface area contributed by atoms with Crippen LogP contribution in [0.2, 0.25) is 0 Å². The zero-order valence-electron chi connectivity index (χ0n) is 17.4. The first-order valence-electron chi connectivity index (χ1n) is 10.8. The van der Waals surface area contributed by atoms with E-state index in [1.54, 1.807) is 6.33 Å². The molecule has 7 nitrogen and oxygen atoms in total. The van der Waals surface area contributed by atoms with E-state index in [4.69, 9.17) is 0 Å². The van der Waals surface area contributed by atoms with Crippen LogP contribution >= 0.6 is 0 Å². The second-order valence-corrected chi connectivity index (χ2v) is 8.54. The highest BCUT2D eigenvalue weighted by Crippen LogP contribution is 2.21. The average Bonchev–Trinajstić information content (AvgIpc) is 3.22. The monoisotopic (exact) mass is 397 g/mol. The van der Waals surface area contributed by atoms with Crippen LogP contribution in [0, 0.1) is 5.92 Å². The molecule has 2 aliphatic heterocycles. The van der Waals surface area contributed by atoms with Crippen LogP contribution < -0.4 is 0 Å². The van der Waals surface area contributed by atoms with Gasteiger partial charge in [-0.25, -0.2) is 4.98 Å². The molecule has 1 aromatic carbocycles. The van der Waals surface area contributed by atoms with Gasteiger partial charge in [0.2, 0.25) is 5.91 Å². The minimum Gasteiger partial charge on any atom is -0.345 e. The van der Waals surface area contributed by atoms with Gasteiger partial charge in [0.1, 0.15) is 0 Å². The number of piperazine rings is 1. The highest BCUT2D eigenvalue weighted by atomic mass is 16.2. The number of aromatic amines is 1. The number of rotatable bonds is 4. The first-order valence-corrected chi connectivity index (χ1v) is 10.8. The number of hydrogen-bond acceptors (Lipinski definition) is 4. The molecule has 1 atom stereocenters. The Bertz CT molecular complexity index is 863. The Labute approximate surface area is 172 Å². The third-order valence-electron chi connectivity index (χ3n) is 6.21. The van der Waals surface area contributed by atoms with Crippen LogP contribution in [0.3, 0.4) is 0 Å². The molecule has 1 aromatic heterocycles. The van der Waals surface area contributed by atoms with Crippen molar-refractivity contribution in [3.63, 3.8) is 0 Å². The highest BCUT2D eigenvalue weighted by Gasteiger charge is 2.35. The number of carbonyl (C=O) groups is 2. The lowest BCUT2D eigenvalue weighted by Crippen LogP contribution is -2.57. The van der Waals surface area contributed by atoms with Crippen molar-refractivity contribution >= 4 is 22.8 Å². The van der Waals surface area contributed by atoms with Crippen LogP contribution in [0.25, 0.3) is 11.0 Å². The van der Waals surface area contributed by atoms with E-state index in [0.717, 1.165) is 24.1 Å². The van der Waals surface area contributed by atoms with Crippen molar-refractivity contribution in [3.8, 4) is 0 Å². The molecule has 2 amide bonds. The number of fused-ring (bicyclic) bond motifs is 1. The van der Waals surface area contributed by atoms with Crippen LogP contribution in [-0.2, 0) is 4.79 Å². The summed E-state index contributed by atoms with van der Waals surface area (Å²) in [6, 6.07) is 5.51. The second kappa shape index (κ2) is 8.53. The number of nitrogens with zero attached hydrogens (tertiary/aromatic N) is 4. The summed E-state index contributed by atoms with van der Waals surface area (Å²) in [4.78, 5) is 39.6. The van der Waals surface area contributed by atoms with Gasteiger partial charge in [0.05, 0.1) is 23.4 Å². The summed E-state index contributed by atoms with van der Waals surface area (Å²) in [6.45, 7) is 8.69. The molecule has 2 saturated heterocycles. The number of amides is 2. The number of H-pyrrole nitrogens is 1. The van der Waals surface area contributed by atoms with Crippen molar-refractivity contribution < 1.29 is 9.59 Å².